The molecule has 102 valence electrons. The molecule has 1 unspecified atom stereocenters. The maximum absolute atomic E-state index is 13.7. The molecule has 0 saturated carbocycles. The molecule has 0 aromatic heterocycles. The van der Waals surface area contributed by atoms with Crippen LogP contribution in [-0.4, -0.2) is 0 Å². The maximum Gasteiger partial charge on any atom is 0.127 e. The van der Waals surface area contributed by atoms with E-state index in [1.54, 1.807) is 18.2 Å². The van der Waals surface area contributed by atoms with Crippen LogP contribution >= 0.6 is 0 Å². The average molecular weight is 268 g/mol. The fourth-order valence-electron chi connectivity index (χ4n) is 2.26. The summed E-state index contributed by atoms with van der Waals surface area (Å²) in [6.45, 7) is 3.94. The number of nitrogens with one attached hydrogen (secondary N) is 1. The highest BCUT2D eigenvalue weighted by atomic mass is 19.1. The number of nitriles is 1. The van der Waals surface area contributed by atoms with Gasteiger partial charge < -0.3 is 5.32 Å². The Bertz CT molecular complexity index is 631. The minimum Gasteiger partial charge on any atom is -0.304 e. The van der Waals surface area contributed by atoms with Gasteiger partial charge >= 0.3 is 0 Å². The van der Waals surface area contributed by atoms with Crippen LogP contribution in [0.25, 0.3) is 0 Å². The lowest BCUT2D eigenvalue weighted by molar-refractivity contribution is 0.474. The van der Waals surface area contributed by atoms with Crippen molar-refractivity contribution in [3.63, 3.8) is 0 Å². The summed E-state index contributed by atoms with van der Waals surface area (Å²) in [4.78, 5) is 0. The first kappa shape index (κ1) is 14.2. The Hall–Kier alpha value is -2.18. The van der Waals surface area contributed by atoms with Gasteiger partial charge in [0.15, 0.2) is 0 Å². The summed E-state index contributed by atoms with van der Waals surface area (Å²) in [5, 5.41) is 12.3. The van der Waals surface area contributed by atoms with E-state index >= 15 is 0 Å². The van der Waals surface area contributed by atoms with E-state index in [9.17, 15) is 4.39 Å². The topological polar surface area (TPSA) is 35.8 Å². The Morgan fingerprint density at radius 3 is 2.50 bits per heavy atom. The molecule has 0 fully saturated rings. The molecule has 0 amide bonds. The standard InChI is InChI=1S/C17H17FN2/c1-12(15-7-5-6-14(10-15)11-19)20-13(2)16-8-3-4-9-17(16)18/h3-10,12-13,20H,1-2H3/t12?,13-/m1/s1. The van der Waals surface area contributed by atoms with Crippen molar-refractivity contribution >= 4 is 0 Å². The van der Waals surface area contributed by atoms with E-state index in [0.29, 0.717) is 11.1 Å². The smallest absolute Gasteiger partial charge is 0.127 e. The van der Waals surface area contributed by atoms with Gasteiger partial charge in [0.25, 0.3) is 0 Å². The zero-order chi connectivity index (χ0) is 14.5. The summed E-state index contributed by atoms with van der Waals surface area (Å²) in [5.74, 6) is -0.203. The highest BCUT2D eigenvalue weighted by Gasteiger charge is 2.14. The van der Waals surface area contributed by atoms with Gasteiger partial charge in [-0.05, 0) is 37.6 Å². The highest BCUT2D eigenvalue weighted by Crippen LogP contribution is 2.21. The second-order valence-electron chi connectivity index (χ2n) is 4.87. The molecule has 2 aromatic rings. The van der Waals surface area contributed by atoms with Crippen molar-refractivity contribution < 1.29 is 4.39 Å². The molecule has 2 rings (SSSR count). The van der Waals surface area contributed by atoms with Gasteiger partial charge in [-0.3, -0.25) is 0 Å². The van der Waals surface area contributed by atoms with Crippen molar-refractivity contribution in [3.05, 3.63) is 71.0 Å². The maximum atomic E-state index is 13.7. The molecule has 0 heterocycles. The highest BCUT2D eigenvalue weighted by molar-refractivity contribution is 5.34. The van der Waals surface area contributed by atoms with Crippen molar-refractivity contribution in [2.24, 2.45) is 0 Å². The second kappa shape index (κ2) is 6.31. The molecule has 0 aliphatic carbocycles. The zero-order valence-corrected chi connectivity index (χ0v) is 11.6. The van der Waals surface area contributed by atoms with E-state index in [4.69, 9.17) is 5.26 Å². The summed E-state index contributed by atoms with van der Waals surface area (Å²) in [6, 6.07) is 16.3. The van der Waals surface area contributed by atoms with Crippen LogP contribution in [0.4, 0.5) is 4.39 Å². The molecule has 2 nitrogen and oxygen atoms in total. The third-order valence-corrected chi connectivity index (χ3v) is 3.39. The van der Waals surface area contributed by atoms with Gasteiger partial charge in [0.2, 0.25) is 0 Å². The lowest BCUT2D eigenvalue weighted by Gasteiger charge is -2.21. The molecule has 0 spiro atoms. The van der Waals surface area contributed by atoms with Crippen LogP contribution < -0.4 is 5.32 Å². The van der Waals surface area contributed by atoms with Crippen molar-refractivity contribution in [1.29, 1.82) is 5.26 Å². The van der Waals surface area contributed by atoms with Gasteiger partial charge in [0.1, 0.15) is 5.82 Å². The lowest BCUT2D eigenvalue weighted by atomic mass is 10.0. The molecule has 0 aliphatic rings. The van der Waals surface area contributed by atoms with Crippen LogP contribution in [0.5, 0.6) is 0 Å². The Balaban J connectivity index is 2.13. The monoisotopic (exact) mass is 268 g/mol. The Morgan fingerprint density at radius 1 is 1.05 bits per heavy atom. The molecular weight excluding hydrogens is 251 g/mol. The van der Waals surface area contributed by atoms with E-state index in [1.807, 2.05) is 38.1 Å². The zero-order valence-electron chi connectivity index (χ0n) is 11.6. The summed E-state index contributed by atoms with van der Waals surface area (Å²) >= 11 is 0. The molecule has 3 heteroatoms. The Labute approximate surface area is 118 Å². The number of hydrogen-bond donors (Lipinski definition) is 1. The van der Waals surface area contributed by atoms with Gasteiger partial charge in [-0.25, -0.2) is 4.39 Å². The molecule has 0 saturated heterocycles. The van der Waals surface area contributed by atoms with E-state index in [0.717, 1.165) is 5.56 Å². The fraction of sp³-hybridized carbons (Fsp3) is 0.235. The van der Waals surface area contributed by atoms with E-state index in [1.165, 1.54) is 6.07 Å². The van der Waals surface area contributed by atoms with Gasteiger partial charge in [-0.1, -0.05) is 30.3 Å². The number of nitrogens with zero attached hydrogens (tertiary/aromatic N) is 1. The molecule has 0 bridgehead atoms. The van der Waals surface area contributed by atoms with Gasteiger partial charge in [0.05, 0.1) is 11.6 Å². The number of rotatable bonds is 4. The number of halogens is 1. The third-order valence-electron chi connectivity index (χ3n) is 3.39. The van der Waals surface area contributed by atoms with Crippen molar-refractivity contribution in [2.45, 2.75) is 25.9 Å². The minimum absolute atomic E-state index is 0.0397. The quantitative estimate of drug-likeness (QED) is 0.905. The van der Waals surface area contributed by atoms with Crippen LogP contribution in [0, 0.1) is 17.1 Å². The summed E-state index contributed by atoms with van der Waals surface area (Å²) in [5.41, 5.74) is 2.30. The molecule has 0 radical (unpaired) electrons. The predicted octanol–water partition coefficient (Wildman–Crippen LogP) is 4.11. The molecule has 2 atom stereocenters. The average Bonchev–Trinajstić information content (AvgIpc) is 2.47. The molecule has 1 N–H and O–H groups in total. The van der Waals surface area contributed by atoms with Crippen molar-refractivity contribution in [2.75, 3.05) is 0 Å². The first-order valence-electron chi connectivity index (χ1n) is 6.62. The largest absolute Gasteiger partial charge is 0.304 e. The molecule has 20 heavy (non-hydrogen) atoms. The first-order valence-corrected chi connectivity index (χ1v) is 6.62. The third kappa shape index (κ3) is 3.23. The lowest BCUT2D eigenvalue weighted by Crippen LogP contribution is -2.23. The van der Waals surface area contributed by atoms with Crippen LogP contribution in [0.2, 0.25) is 0 Å². The normalized spacial score (nSPS) is 13.5. The van der Waals surface area contributed by atoms with Crippen LogP contribution in [-0.2, 0) is 0 Å². The molecular formula is C17H17FN2. The van der Waals surface area contributed by atoms with Crippen LogP contribution in [0.15, 0.2) is 48.5 Å². The molecule has 2 aromatic carbocycles. The first-order chi connectivity index (χ1) is 9.61. The second-order valence-corrected chi connectivity index (χ2v) is 4.87. The number of hydrogen-bond acceptors (Lipinski definition) is 2. The Morgan fingerprint density at radius 2 is 1.80 bits per heavy atom. The Kier molecular flexibility index (Phi) is 4.49. The van der Waals surface area contributed by atoms with E-state index in [2.05, 4.69) is 11.4 Å². The van der Waals surface area contributed by atoms with E-state index < -0.39 is 0 Å². The summed E-state index contributed by atoms with van der Waals surface area (Å²) < 4.78 is 13.7. The SMILES string of the molecule is CC(N[C@H](C)c1ccccc1F)c1cccc(C#N)c1. The van der Waals surface area contributed by atoms with E-state index in [-0.39, 0.29) is 17.9 Å². The van der Waals surface area contributed by atoms with Crippen LogP contribution in [0.3, 0.4) is 0 Å². The summed E-state index contributed by atoms with van der Waals surface area (Å²) in [6.07, 6.45) is 0. The molecule has 0 aliphatic heterocycles. The number of benzene rings is 2. The minimum atomic E-state index is -0.203. The summed E-state index contributed by atoms with van der Waals surface area (Å²) in [7, 11) is 0. The van der Waals surface area contributed by atoms with Gasteiger partial charge in [0, 0.05) is 17.6 Å². The van der Waals surface area contributed by atoms with Crippen LogP contribution in [0.1, 0.15) is 42.6 Å². The van der Waals surface area contributed by atoms with Gasteiger partial charge in [-0.2, -0.15) is 5.26 Å². The van der Waals surface area contributed by atoms with Crippen molar-refractivity contribution in [3.8, 4) is 6.07 Å². The van der Waals surface area contributed by atoms with Crippen molar-refractivity contribution in [1.82, 2.24) is 5.32 Å². The van der Waals surface area contributed by atoms with Gasteiger partial charge in [-0.15, -0.1) is 0 Å². The fourth-order valence-corrected chi connectivity index (χ4v) is 2.26. The predicted molar refractivity (Wildman–Crippen MR) is 77.5 cm³/mol.